The molecule has 0 radical (unpaired) electrons. The molecule has 15 heteroatoms. The van der Waals surface area contributed by atoms with Gasteiger partial charge in [0.05, 0.1) is 16.9 Å². The second kappa shape index (κ2) is 13.7. The number of hydrogen-bond acceptors (Lipinski definition) is 7. The molecule has 2 N–H and O–H groups in total. The number of carbonyl (C=O) groups is 2. The molecule has 2 aromatic rings. The van der Waals surface area contributed by atoms with Gasteiger partial charge < -0.3 is 15.5 Å². The van der Waals surface area contributed by atoms with Crippen LogP contribution in [0.5, 0.6) is 0 Å². The van der Waals surface area contributed by atoms with Crippen LogP contribution in [-0.4, -0.2) is 84.1 Å². The van der Waals surface area contributed by atoms with E-state index in [9.17, 15) is 28.1 Å². The monoisotopic (exact) mass is 673 g/mol. The van der Waals surface area contributed by atoms with Gasteiger partial charge in [-0.25, -0.2) is 12.8 Å². The Morgan fingerprint density at radius 2 is 1.80 bits per heavy atom. The zero-order valence-electron chi connectivity index (χ0n) is 25.0. The van der Waals surface area contributed by atoms with Gasteiger partial charge in [0.15, 0.2) is 4.90 Å². The second-order valence-electron chi connectivity index (χ2n) is 12.5. The van der Waals surface area contributed by atoms with Crippen molar-refractivity contribution in [1.82, 2.24) is 14.1 Å². The van der Waals surface area contributed by atoms with E-state index in [2.05, 4.69) is 0 Å². The molecule has 2 aliphatic rings. The van der Waals surface area contributed by atoms with Gasteiger partial charge in [0.1, 0.15) is 5.82 Å². The third kappa shape index (κ3) is 7.51. The molecule has 2 aromatic carbocycles. The number of nitrogens with zero attached hydrogens (tertiary/aromatic N) is 4. The van der Waals surface area contributed by atoms with E-state index in [1.54, 1.807) is 16.7 Å². The second-order valence-corrected chi connectivity index (χ2v) is 14.8. The summed E-state index contributed by atoms with van der Waals surface area (Å²) in [5, 5.41) is 11.8. The van der Waals surface area contributed by atoms with Crippen LogP contribution in [0.15, 0.2) is 47.4 Å². The SMILES string of the molecule is C[C@H]1CN(C(=O)[C@@H](N)CC(C)(C)C)CCN1C(=O)[C@@H]1CN(S(=O)(=O)c2ccccc2[N+](=O)[O-])C[C@H]1c1ccc(Cl)cc1F.Cl. The summed E-state index contributed by atoms with van der Waals surface area (Å²) in [6.07, 6.45) is 0.500. The van der Waals surface area contributed by atoms with E-state index in [4.69, 9.17) is 17.3 Å². The molecule has 44 heavy (non-hydrogen) atoms. The highest BCUT2D eigenvalue weighted by Crippen LogP contribution is 2.40. The molecule has 0 unspecified atom stereocenters. The maximum atomic E-state index is 15.2. The predicted octanol–water partition coefficient (Wildman–Crippen LogP) is 4.04. The average Bonchev–Trinajstić information content (AvgIpc) is 3.37. The molecule has 0 spiro atoms. The number of halogens is 3. The number of carbonyl (C=O) groups excluding carboxylic acids is 2. The largest absolute Gasteiger partial charge is 0.338 e. The summed E-state index contributed by atoms with van der Waals surface area (Å²) >= 11 is 5.96. The highest BCUT2D eigenvalue weighted by atomic mass is 35.5. The molecule has 2 fully saturated rings. The normalized spacial score (nSPS) is 21.9. The van der Waals surface area contributed by atoms with Crippen molar-refractivity contribution in [2.24, 2.45) is 17.1 Å². The van der Waals surface area contributed by atoms with Crippen LogP contribution in [0.25, 0.3) is 0 Å². The summed E-state index contributed by atoms with van der Waals surface area (Å²) in [7, 11) is -4.43. The summed E-state index contributed by atoms with van der Waals surface area (Å²) in [5.74, 6) is -3.14. The first kappa shape index (κ1) is 35.6. The van der Waals surface area contributed by atoms with Crippen LogP contribution in [0.1, 0.15) is 45.6 Å². The highest BCUT2D eigenvalue weighted by molar-refractivity contribution is 7.89. The van der Waals surface area contributed by atoms with Gasteiger partial charge in [0.25, 0.3) is 5.69 Å². The number of amides is 2. The lowest BCUT2D eigenvalue weighted by molar-refractivity contribution is -0.387. The van der Waals surface area contributed by atoms with Crippen molar-refractivity contribution < 1.29 is 27.3 Å². The van der Waals surface area contributed by atoms with Crippen molar-refractivity contribution in [2.45, 2.75) is 57.0 Å². The summed E-state index contributed by atoms with van der Waals surface area (Å²) in [6.45, 7) is 7.91. The zero-order chi connectivity index (χ0) is 31.9. The smallest absolute Gasteiger partial charge is 0.289 e. The number of nitrogens with two attached hydrogens (primary N) is 1. The fraction of sp³-hybridized carbons (Fsp3) is 0.517. The van der Waals surface area contributed by atoms with Crippen LogP contribution >= 0.6 is 24.0 Å². The van der Waals surface area contributed by atoms with E-state index in [1.807, 2.05) is 20.8 Å². The van der Waals surface area contributed by atoms with Gasteiger partial charge in [0.2, 0.25) is 21.8 Å². The predicted molar refractivity (Wildman–Crippen MR) is 167 cm³/mol. The topological polar surface area (TPSA) is 147 Å². The van der Waals surface area contributed by atoms with Crippen LogP contribution in [-0.2, 0) is 19.6 Å². The molecule has 0 aromatic heterocycles. The summed E-state index contributed by atoms with van der Waals surface area (Å²) in [6, 6.07) is 7.89. The Labute approximate surface area is 268 Å². The van der Waals surface area contributed by atoms with Crippen LogP contribution < -0.4 is 5.73 Å². The summed E-state index contributed by atoms with van der Waals surface area (Å²) < 4.78 is 43.6. The van der Waals surface area contributed by atoms with Crippen LogP contribution in [0.4, 0.5) is 10.1 Å². The molecular weight excluding hydrogens is 636 g/mol. The van der Waals surface area contributed by atoms with Crippen molar-refractivity contribution in [3.05, 3.63) is 69.0 Å². The van der Waals surface area contributed by atoms with Gasteiger partial charge in [-0.3, -0.25) is 19.7 Å². The van der Waals surface area contributed by atoms with Crippen molar-refractivity contribution in [3.63, 3.8) is 0 Å². The average molecular weight is 675 g/mol. The molecule has 242 valence electrons. The number of rotatable bonds is 7. The van der Waals surface area contributed by atoms with Crippen molar-refractivity contribution in [3.8, 4) is 0 Å². The third-order valence-electron chi connectivity index (χ3n) is 8.02. The first-order chi connectivity index (χ1) is 20.0. The number of piperazine rings is 1. The molecule has 2 saturated heterocycles. The van der Waals surface area contributed by atoms with E-state index in [0.29, 0.717) is 6.42 Å². The number of sulfonamides is 1. The molecule has 2 heterocycles. The van der Waals surface area contributed by atoms with Crippen molar-refractivity contribution >= 4 is 51.5 Å². The van der Waals surface area contributed by atoms with Crippen molar-refractivity contribution in [2.75, 3.05) is 32.7 Å². The van der Waals surface area contributed by atoms with Crippen molar-refractivity contribution in [1.29, 1.82) is 0 Å². The fourth-order valence-electron chi connectivity index (χ4n) is 5.98. The van der Waals surface area contributed by atoms with Crippen LogP contribution in [0, 0.1) is 27.3 Å². The molecule has 4 rings (SSSR count). The Balaban J connectivity index is 0.00000529. The number of hydrogen-bond donors (Lipinski definition) is 1. The third-order valence-corrected chi connectivity index (χ3v) is 10.1. The number of nitro benzene ring substituents is 1. The Morgan fingerprint density at radius 1 is 1.14 bits per heavy atom. The van der Waals surface area contributed by atoms with Gasteiger partial charge in [0, 0.05) is 55.8 Å². The molecular formula is C29H38Cl2FN5O6S. The maximum Gasteiger partial charge on any atom is 0.289 e. The first-order valence-corrected chi connectivity index (χ1v) is 15.9. The van der Waals surface area contributed by atoms with E-state index < -0.39 is 61.2 Å². The van der Waals surface area contributed by atoms with E-state index >= 15 is 4.39 Å². The van der Waals surface area contributed by atoms with E-state index in [1.165, 1.54) is 24.3 Å². The molecule has 0 aliphatic carbocycles. The lowest BCUT2D eigenvalue weighted by Crippen LogP contribution is -2.59. The summed E-state index contributed by atoms with van der Waals surface area (Å²) in [4.78, 5) is 40.7. The van der Waals surface area contributed by atoms with Gasteiger partial charge in [-0.15, -0.1) is 12.4 Å². The highest BCUT2D eigenvalue weighted by Gasteiger charge is 2.48. The Kier molecular flexibility index (Phi) is 11.1. The molecule has 2 aliphatic heterocycles. The fourth-order valence-corrected chi connectivity index (χ4v) is 7.78. The zero-order valence-corrected chi connectivity index (χ0v) is 27.4. The minimum atomic E-state index is -4.43. The van der Waals surface area contributed by atoms with E-state index in [0.717, 1.165) is 22.5 Å². The lowest BCUT2D eigenvalue weighted by Gasteiger charge is -2.42. The Bertz CT molecular complexity index is 1520. The molecule has 4 atom stereocenters. The number of nitro groups is 1. The van der Waals surface area contributed by atoms with Crippen LogP contribution in [0.2, 0.25) is 5.02 Å². The van der Waals surface area contributed by atoms with Crippen LogP contribution in [0.3, 0.4) is 0 Å². The number of benzene rings is 2. The summed E-state index contributed by atoms with van der Waals surface area (Å²) in [5.41, 5.74) is 5.58. The van der Waals surface area contributed by atoms with Gasteiger partial charge in [-0.2, -0.15) is 4.31 Å². The Hall–Kier alpha value is -2.84. The molecule has 0 bridgehead atoms. The maximum absolute atomic E-state index is 15.2. The minimum Gasteiger partial charge on any atom is -0.338 e. The van der Waals surface area contributed by atoms with E-state index in [-0.39, 0.29) is 67.0 Å². The van der Waals surface area contributed by atoms with Gasteiger partial charge in [-0.05, 0) is 42.5 Å². The minimum absolute atomic E-state index is 0. The first-order valence-electron chi connectivity index (χ1n) is 14.0. The standard InChI is InChI=1S/C29H37ClFN5O6S.ClH/c1-18-15-33(28(38)24(32)14-29(2,3)4)11-12-35(18)27(37)22-17-34(16-21(22)20-10-9-19(30)13-23(20)31)43(41,42)26-8-6-5-7-25(26)36(39)40;/h5-10,13,18,21-22,24H,11-12,14-17,32H2,1-4H3;1H/t18-,21-,22+,24-;/m0./s1. The van der Waals surface area contributed by atoms with Gasteiger partial charge in [-0.1, -0.05) is 50.6 Å². The molecule has 0 saturated carbocycles. The lowest BCUT2D eigenvalue weighted by atomic mass is 9.87. The molecule has 2 amide bonds. The Morgan fingerprint density at radius 3 is 2.39 bits per heavy atom. The van der Waals surface area contributed by atoms with Gasteiger partial charge >= 0.3 is 0 Å². The number of para-hydroxylation sites is 1. The quantitative estimate of drug-likeness (QED) is 0.345. The molecule has 11 nitrogen and oxygen atoms in total.